The summed E-state index contributed by atoms with van der Waals surface area (Å²) >= 11 is 0. The van der Waals surface area contributed by atoms with Crippen LogP contribution in [0.2, 0.25) is 0 Å². The van der Waals surface area contributed by atoms with E-state index >= 15 is 0 Å². The quantitative estimate of drug-likeness (QED) is 0.898. The Bertz CT molecular complexity index is 600. The second-order valence-electron chi connectivity index (χ2n) is 5.72. The second kappa shape index (κ2) is 6.66. The molecule has 2 aromatic heterocycles. The summed E-state index contributed by atoms with van der Waals surface area (Å²) in [5.74, 6) is 2.05. The summed E-state index contributed by atoms with van der Waals surface area (Å²) in [7, 11) is 0. The van der Waals surface area contributed by atoms with Crippen molar-refractivity contribution in [1.29, 1.82) is 0 Å². The summed E-state index contributed by atoms with van der Waals surface area (Å²) < 4.78 is 0. The standard InChI is InChI=1S/C17H24N4/c1-6-7-18-16-10-15(11(2)3)20-17(21-16)14-8-12(4)19-13(5)9-14/h8-11H,6-7H2,1-5H3,(H,18,20,21). The van der Waals surface area contributed by atoms with E-state index < -0.39 is 0 Å². The van der Waals surface area contributed by atoms with E-state index in [1.807, 2.05) is 32.0 Å². The summed E-state index contributed by atoms with van der Waals surface area (Å²) in [6.07, 6.45) is 1.07. The maximum Gasteiger partial charge on any atom is 0.161 e. The van der Waals surface area contributed by atoms with E-state index in [-0.39, 0.29) is 0 Å². The summed E-state index contributed by atoms with van der Waals surface area (Å²) in [6, 6.07) is 6.12. The zero-order valence-corrected chi connectivity index (χ0v) is 13.6. The van der Waals surface area contributed by atoms with Gasteiger partial charge in [0.05, 0.1) is 0 Å². The Hall–Kier alpha value is -1.97. The summed E-state index contributed by atoms with van der Waals surface area (Å²) in [5.41, 5.74) is 4.08. The van der Waals surface area contributed by atoms with E-state index in [0.29, 0.717) is 5.92 Å². The highest BCUT2D eigenvalue weighted by molar-refractivity contribution is 5.58. The highest BCUT2D eigenvalue weighted by Gasteiger charge is 2.10. The number of nitrogens with zero attached hydrogens (tertiary/aromatic N) is 3. The van der Waals surface area contributed by atoms with Gasteiger partial charge in [-0.05, 0) is 38.3 Å². The van der Waals surface area contributed by atoms with Crippen LogP contribution in [0.3, 0.4) is 0 Å². The lowest BCUT2D eigenvalue weighted by Crippen LogP contribution is -2.06. The maximum atomic E-state index is 4.71. The molecule has 2 rings (SSSR count). The molecular weight excluding hydrogens is 260 g/mol. The molecule has 0 spiro atoms. The Labute approximate surface area is 127 Å². The van der Waals surface area contributed by atoms with Crippen molar-refractivity contribution in [3.63, 3.8) is 0 Å². The number of nitrogens with one attached hydrogen (secondary N) is 1. The van der Waals surface area contributed by atoms with Gasteiger partial charge < -0.3 is 5.32 Å². The van der Waals surface area contributed by atoms with Crippen molar-refractivity contribution in [3.8, 4) is 11.4 Å². The molecule has 0 saturated carbocycles. The van der Waals surface area contributed by atoms with Gasteiger partial charge in [0.25, 0.3) is 0 Å². The first-order valence-electron chi connectivity index (χ1n) is 7.58. The van der Waals surface area contributed by atoms with Crippen molar-refractivity contribution >= 4 is 5.82 Å². The molecule has 0 aliphatic carbocycles. The predicted octanol–water partition coefficient (Wildman–Crippen LogP) is 4.10. The first kappa shape index (κ1) is 15.4. The fraction of sp³-hybridized carbons (Fsp3) is 0.471. The second-order valence-corrected chi connectivity index (χ2v) is 5.72. The number of pyridine rings is 1. The van der Waals surface area contributed by atoms with E-state index in [1.165, 1.54) is 0 Å². The lowest BCUT2D eigenvalue weighted by molar-refractivity contribution is 0.815. The van der Waals surface area contributed by atoms with Crippen molar-refractivity contribution in [2.45, 2.75) is 47.0 Å². The highest BCUT2D eigenvalue weighted by Crippen LogP contribution is 2.22. The molecular formula is C17H24N4. The average Bonchev–Trinajstić information content (AvgIpc) is 2.43. The molecule has 0 saturated heterocycles. The minimum absolute atomic E-state index is 0.373. The van der Waals surface area contributed by atoms with Gasteiger partial charge in [-0.1, -0.05) is 20.8 Å². The SMILES string of the molecule is CCCNc1cc(C(C)C)nc(-c2cc(C)nc(C)c2)n1. The van der Waals surface area contributed by atoms with Crippen LogP contribution in [0.5, 0.6) is 0 Å². The molecule has 1 N–H and O–H groups in total. The van der Waals surface area contributed by atoms with Crippen molar-refractivity contribution in [2.75, 3.05) is 11.9 Å². The first-order valence-corrected chi connectivity index (χ1v) is 7.58. The van der Waals surface area contributed by atoms with E-state index in [4.69, 9.17) is 4.98 Å². The lowest BCUT2D eigenvalue weighted by Gasteiger charge is -2.12. The Morgan fingerprint density at radius 3 is 2.24 bits per heavy atom. The summed E-state index contributed by atoms with van der Waals surface area (Å²) in [5, 5.41) is 3.36. The average molecular weight is 284 g/mol. The zero-order chi connectivity index (χ0) is 15.4. The van der Waals surface area contributed by atoms with E-state index in [2.05, 4.69) is 36.1 Å². The number of hydrogen-bond donors (Lipinski definition) is 1. The van der Waals surface area contributed by atoms with Crippen LogP contribution in [0.15, 0.2) is 18.2 Å². The molecule has 112 valence electrons. The van der Waals surface area contributed by atoms with Crippen LogP contribution in [0.4, 0.5) is 5.82 Å². The van der Waals surface area contributed by atoms with Gasteiger partial charge in [-0.3, -0.25) is 4.98 Å². The minimum Gasteiger partial charge on any atom is -0.370 e. The Balaban J connectivity index is 2.48. The molecule has 0 aliphatic rings. The predicted molar refractivity (Wildman–Crippen MR) is 87.6 cm³/mol. The van der Waals surface area contributed by atoms with Gasteiger partial charge in [0.2, 0.25) is 0 Å². The van der Waals surface area contributed by atoms with E-state index in [0.717, 1.165) is 47.3 Å². The number of aromatic nitrogens is 3. The largest absolute Gasteiger partial charge is 0.370 e. The van der Waals surface area contributed by atoms with Gasteiger partial charge in [-0.2, -0.15) is 0 Å². The fourth-order valence-electron chi connectivity index (χ4n) is 2.20. The van der Waals surface area contributed by atoms with Gasteiger partial charge >= 0.3 is 0 Å². The van der Waals surface area contributed by atoms with Gasteiger partial charge in [0.1, 0.15) is 5.82 Å². The first-order chi connectivity index (χ1) is 9.99. The summed E-state index contributed by atoms with van der Waals surface area (Å²) in [4.78, 5) is 13.8. The molecule has 0 aliphatic heterocycles. The Morgan fingerprint density at radius 2 is 1.67 bits per heavy atom. The maximum absolute atomic E-state index is 4.71. The van der Waals surface area contributed by atoms with Crippen molar-refractivity contribution in [2.24, 2.45) is 0 Å². The molecule has 0 aromatic carbocycles. The molecule has 2 aromatic rings. The molecule has 4 nitrogen and oxygen atoms in total. The van der Waals surface area contributed by atoms with Crippen molar-refractivity contribution in [1.82, 2.24) is 15.0 Å². The smallest absolute Gasteiger partial charge is 0.161 e. The number of rotatable bonds is 5. The van der Waals surface area contributed by atoms with Crippen LogP contribution in [0.25, 0.3) is 11.4 Å². The molecule has 4 heteroatoms. The van der Waals surface area contributed by atoms with Crippen LogP contribution in [-0.4, -0.2) is 21.5 Å². The third-order valence-corrected chi connectivity index (χ3v) is 3.23. The normalized spacial score (nSPS) is 11.0. The molecule has 0 radical (unpaired) electrons. The van der Waals surface area contributed by atoms with Crippen LogP contribution in [0, 0.1) is 13.8 Å². The Morgan fingerprint density at radius 1 is 1.00 bits per heavy atom. The van der Waals surface area contributed by atoms with Crippen LogP contribution in [-0.2, 0) is 0 Å². The van der Waals surface area contributed by atoms with E-state index in [9.17, 15) is 0 Å². The van der Waals surface area contributed by atoms with Crippen LogP contribution >= 0.6 is 0 Å². The number of aryl methyl sites for hydroxylation is 2. The minimum atomic E-state index is 0.373. The number of hydrogen-bond acceptors (Lipinski definition) is 4. The van der Waals surface area contributed by atoms with Crippen molar-refractivity contribution < 1.29 is 0 Å². The van der Waals surface area contributed by atoms with Gasteiger partial charge in [-0.25, -0.2) is 9.97 Å². The third kappa shape index (κ3) is 4.00. The molecule has 0 atom stereocenters. The molecule has 0 amide bonds. The summed E-state index contributed by atoms with van der Waals surface area (Å²) in [6.45, 7) is 11.4. The Kier molecular flexibility index (Phi) is 4.89. The zero-order valence-electron chi connectivity index (χ0n) is 13.6. The van der Waals surface area contributed by atoms with Gasteiger partial charge in [0.15, 0.2) is 5.82 Å². The van der Waals surface area contributed by atoms with Crippen LogP contribution < -0.4 is 5.32 Å². The van der Waals surface area contributed by atoms with E-state index in [1.54, 1.807) is 0 Å². The lowest BCUT2D eigenvalue weighted by atomic mass is 10.1. The van der Waals surface area contributed by atoms with Crippen molar-refractivity contribution in [3.05, 3.63) is 35.3 Å². The molecule has 0 bridgehead atoms. The molecule has 2 heterocycles. The number of anilines is 1. The third-order valence-electron chi connectivity index (χ3n) is 3.23. The van der Waals surface area contributed by atoms with Gasteiger partial charge in [0, 0.05) is 35.3 Å². The molecule has 21 heavy (non-hydrogen) atoms. The topological polar surface area (TPSA) is 50.7 Å². The van der Waals surface area contributed by atoms with Gasteiger partial charge in [-0.15, -0.1) is 0 Å². The highest BCUT2D eigenvalue weighted by atomic mass is 15.0. The monoisotopic (exact) mass is 284 g/mol. The van der Waals surface area contributed by atoms with Crippen LogP contribution in [0.1, 0.15) is 50.2 Å². The molecule has 0 unspecified atom stereocenters. The fourth-order valence-corrected chi connectivity index (χ4v) is 2.20. The molecule has 0 fully saturated rings.